The van der Waals surface area contributed by atoms with Gasteiger partial charge in [-0.15, -0.1) is 0 Å². The highest BCUT2D eigenvalue weighted by Crippen LogP contribution is 2.29. The van der Waals surface area contributed by atoms with Crippen molar-refractivity contribution in [2.45, 2.75) is 45.1 Å². The fraction of sp³-hybridized carbons (Fsp3) is 0.588. The number of benzene rings is 1. The molecule has 0 spiro atoms. The van der Waals surface area contributed by atoms with Crippen molar-refractivity contribution in [1.82, 2.24) is 4.90 Å². The number of nitrogens with two attached hydrogens (primary N) is 1. The lowest BCUT2D eigenvalue weighted by molar-refractivity contribution is 0.0731. The lowest BCUT2D eigenvalue weighted by Gasteiger charge is -2.35. The smallest absolute Gasteiger partial charge is 0.253 e. The first-order valence-electron chi connectivity index (χ1n) is 7.39. The second kappa shape index (κ2) is 5.57. The number of carbonyl (C=O) groups excluding carboxylic acids is 1. The average Bonchev–Trinajstić information content (AvgIpc) is 2.35. The van der Waals surface area contributed by atoms with Crippen molar-refractivity contribution in [2.75, 3.05) is 13.6 Å². The van der Waals surface area contributed by atoms with Crippen molar-refractivity contribution in [1.29, 1.82) is 0 Å². The first-order chi connectivity index (χ1) is 9.29. The van der Waals surface area contributed by atoms with Crippen LogP contribution in [0.15, 0.2) is 24.3 Å². The molecular weight excluding hydrogens is 248 g/mol. The highest BCUT2D eigenvalue weighted by molar-refractivity contribution is 5.95. The Labute approximate surface area is 122 Å². The first-order valence-corrected chi connectivity index (χ1v) is 7.39. The van der Waals surface area contributed by atoms with Gasteiger partial charge in [-0.05, 0) is 35.8 Å². The van der Waals surface area contributed by atoms with Gasteiger partial charge in [0.05, 0.1) is 0 Å². The molecular formula is C17H26N2O. The van der Waals surface area contributed by atoms with Crippen molar-refractivity contribution < 1.29 is 4.79 Å². The minimum Gasteiger partial charge on any atom is -0.341 e. The van der Waals surface area contributed by atoms with Crippen LogP contribution in [0.5, 0.6) is 0 Å². The van der Waals surface area contributed by atoms with Crippen LogP contribution in [0, 0.1) is 5.92 Å². The summed E-state index contributed by atoms with van der Waals surface area (Å²) in [5.41, 5.74) is 7.73. The van der Waals surface area contributed by atoms with E-state index < -0.39 is 0 Å². The summed E-state index contributed by atoms with van der Waals surface area (Å²) in [5.74, 6) is 0.691. The monoisotopic (exact) mass is 274 g/mol. The molecule has 0 unspecified atom stereocenters. The van der Waals surface area contributed by atoms with Crippen molar-refractivity contribution in [3.05, 3.63) is 35.4 Å². The molecule has 1 fully saturated rings. The van der Waals surface area contributed by atoms with Gasteiger partial charge in [-0.25, -0.2) is 0 Å². The van der Waals surface area contributed by atoms with Gasteiger partial charge in [-0.1, -0.05) is 39.0 Å². The standard InChI is InChI=1S/C17H26N2O/c1-17(2,3)15-8-6-5-7-14(15)16(20)19(4)11-12-9-13(18)10-12/h5-8,12-13H,9-11,18H2,1-4H3. The van der Waals surface area contributed by atoms with Gasteiger partial charge < -0.3 is 10.6 Å². The molecule has 0 aromatic heterocycles. The Morgan fingerprint density at radius 3 is 2.45 bits per heavy atom. The van der Waals surface area contributed by atoms with Gasteiger partial charge in [0.25, 0.3) is 5.91 Å². The highest BCUT2D eigenvalue weighted by Gasteiger charge is 2.29. The lowest BCUT2D eigenvalue weighted by atomic mass is 9.80. The van der Waals surface area contributed by atoms with Crippen LogP contribution < -0.4 is 5.73 Å². The number of hydrogen-bond acceptors (Lipinski definition) is 2. The van der Waals surface area contributed by atoms with E-state index in [0.717, 1.165) is 30.5 Å². The van der Waals surface area contributed by atoms with Crippen LogP contribution >= 0.6 is 0 Å². The van der Waals surface area contributed by atoms with E-state index in [-0.39, 0.29) is 11.3 Å². The van der Waals surface area contributed by atoms with E-state index >= 15 is 0 Å². The molecule has 1 aliphatic carbocycles. The minimum absolute atomic E-state index is 0.0219. The fourth-order valence-corrected chi connectivity index (χ4v) is 2.94. The van der Waals surface area contributed by atoms with E-state index in [2.05, 4.69) is 26.8 Å². The van der Waals surface area contributed by atoms with Crippen LogP contribution in [0.3, 0.4) is 0 Å². The van der Waals surface area contributed by atoms with Crippen LogP contribution in [0.4, 0.5) is 0 Å². The molecule has 1 aliphatic rings. The maximum absolute atomic E-state index is 12.7. The van der Waals surface area contributed by atoms with Gasteiger partial charge >= 0.3 is 0 Å². The quantitative estimate of drug-likeness (QED) is 0.921. The number of rotatable bonds is 3. The van der Waals surface area contributed by atoms with E-state index in [0.29, 0.717) is 12.0 Å². The normalized spacial score (nSPS) is 22.2. The zero-order valence-corrected chi connectivity index (χ0v) is 13.0. The SMILES string of the molecule is CN(CC1CC(N)C1)C(=O)c1ccccc1C(C)(C)C. The average molecular weight is 274 g/mol. The molecule has 2 N–H and O–H groups in total. The Kier molecular flexibility index (Phi) is 4.19. The molecule has 1 amide bonds. The summed E-state index contributed by atoms with van der Waals surface area (Å²) in [7, 11) is 1.89. The van der Waals surface area contributed by atoms with Crippen LogP contribution in [0.1, 0.15) is 49.5 Å². The largest absolute Gasteiger partial charge is 0.341 e. The van der Waals surface area contributed by atoms with Crippen molar-refractivity contribution >= 4 is 5.91 Å². The topological polar surface area (TPSA) is 46.3 Å². The Morgan fingerprint density at radius 2 is 1.90 bits per heavy atom. The first kappa shape index (κ1) is 15.0. The molecule has 0 bridgehead atoms. The second-order valence-electron chi connectivity index (χ2n) is 7.08. The predicted molar refractivity (Wildman–Crippen MR) is 82.8 cm³/mol. The van der Waals surface area contributed by atoms with Crippen LogP contribution in [0.25, 0.3) is 0 Å². The molecule has 20 heavy (non-hydrogen) atoms. The number of carbonyl (C=O) groups is 1. The van der Waals surface area contributed by atoms with Gasteiger partial charge in [0.1, 0.15) is 0 Å². The molecule has 0 saturated heterocycles. The molecule has 0 aliphatic heterocycles. The molecule has 3 nitrogen and oxygen atoms in total. The molecule has 0 radical (unpaired) electrons. The van der Waals surface area contributed by atoms with E-state index in [1.807, 2.05) is 30.1 Å². The summed E-state index contributed by atoms with van der Waals surface area (Å²) in [6.45, 7) is 7.24. The summed E-state index contributed by atoms with van der Waals surface area (Å²) in [6, 6.07) is 8.27. The minimum atomic E-state index is -0.0219. The molecule has 2 rings (SSSR count). The maximum atomic E-state index is 12.7. The summed E-state index contributed by atoms with van der Waals surface area (Å²) in [4.78, 5) is 14.5. The van der Waals surface area contributed by atoms with Crippen LogP contribution in [-0.4, -0.2) is 30.4 Å². The van der Waals surface area contributed by atoms with Gasteiger partial charge in [0.2, 0.25) is 0 Å². The summed E-state index contributed by atoms with van der Waals surface area (Å²) in [6.07, 6.45) is 2.08. The van der Waals surface area contributed by atoms with E-state index in [1.54, 1.807) is 0 Å². The molecule has 0 heterocycles. The number of amides is 1. The summed E-state index contributed by atoms with van der Waals surface area (Å²) >= 11 is 0. The van der Waals surface area contributed by atoms with Gasteiger partial charge in [0.15, 0.2) is 0 Å². The van der Waals surface area contributed by atoms with E-state index in [9.17, 15) is 4.79 Å². The lowest BCUT2D eigenvalue weighted by Crippen LogP contribution is -2.43. The molecule has 3 heteroatoms. The van der Waals surface area contributed by atoms with E-state index in [1.165, 1.54) is 0 Å². The second-order valence-corrected chi connectivity index (χ2v) is 7.08. The zero-order valence-electron chi connectivity index (χ0n) is 13.0. The number of nitrogens with zero attached hydrogens (tertiary/aromatic N) is 1. The number of hydrogen-bond donors (Lipinski definition) is 1. The van der Waals surface area contributed by atoms with Crippen molar-refractivity contribution in [3.8, 4) is 0 Å². The Balaban J connectivity index is 2.12. The molecule has 1 saturated carbocycles. The zero-order chi connectivity index (χ0) is 14.9. The Hall–Kier alpha value is -1.35. The Morgan fingerprint density at radius 1 is 1.30 bits per heavy atom. The summed E-state index contributed by atoms with van der Waals surface area (Å²) in [5, 5.41) is 0. The summed E-state index contributed by atoms with van der Waals surface area (Å²) < 4.78 is 0. The Bertz CT molecular complexity index is 484. The molecule has 110 valence electrons. The van der Waals surface area contributed by atoms with Gasteiger partial charge in [-0.2, -0.15) is 0 Å². The van der Waals surface area contributed by atoms with Crippen LogP contribution in [0.2, 0.25) is 0 Å². The van der Waals surface area contributed by atoms with Gasteiger partial charge in [0, 0.05) is 25.2 Å². The fourth-order valence-electron chi connectivity index (χ4n) is 2.94. The highest BCUT2D eigenvalue weighted by atomic mass is 16.2. The maximum Gasteiger partial charge on any atom is 0.253 e. The third-order valence-corrected chi connectivity index (χ3v) is 4.12. The van der Waals surface area contributed by atoms with Crippen LogP contribution in [-0.2, 0) is 5.41 Å². The molecule has 0 atom stereocenters. The van der Waals surface area contributed by atoms with Crippen molar-refractivity contribution in [2.24, 2.45) is 11.7 Å². The van der Waals surface area contributed by atoms with E-state index in [4.69, 9.17) is 5.73 Å². The third kappa shape index (κ3) is 3.21. The molecule has 1 aromatic carbocycles. The third-order valence-electron chi connectivity index (χ3n) is 4.12. The van der Waals surface area contributed by atoms with Crippen molar-refractivity contribution in [3.63, 3.8) is 0 Å². The molecule has 1 aromatic rings. The van der Waals surface area contributed by atoms with Gasteiger partial charge in [-0.3, -0.25) is 4.79 Å². The predicted octanol–water partition coefficient (Wildman–Crippen LogP) is 2.79.